The van der Waals surface area contributed by atoms with E-state index in [4.69, 9.17) is 0 Å². The molecule has 2 amide bonds. The molecule has 2 rings (SSSR count). The Morgan fingerprint density at radius 1 is 1.33 bits per heavy atom. The van der Waals surface area contributed by atoms with E-state index in [2.05, 4.69) is 0 Å². The third kappa shape index (κ3) is 4.19. The minimum Gasteiger partial charge on any atom is -0.390 e. The van der Waals surface area contributed by atoms with Gasteiger partial charge in [-0.05, 0) is 26.2 Å². The number of amides is 2. The fourth-order valence-corrected chi connectivity index (χ4v) is 3.12. The van der Waals surface area contributed by atoms with Gasteiger partial charge in [-0.2, -0.15) is 0 Å². The fourth-order valence-electron chi connectivity index (χ4n) is 3.12. The second-order valence-corrected chi connectivity index (χ2v) is 6.79. The molecule has 2 fully saturated rings. The number of carbonyl (C=O) groups is 2. The monoisotopic (exact) mass is 296 g/mol. The molecule has 2 heterocycles. The summed E-state index contributed by atoms with van der Waals surface area (Å²) in [4.78, 5) is 27.9. The number of likely N-dealkylation sites (tertiary alicyclic amines) is 2. The molecule has 0 radical (unpaired) electrons. The minimum atomic E-state index is -0.669. The highest BCUT2D eigenvalue weighted by atomic mass is 16.3. The minimum absolute atomic E-state index is 0.0926. The Bertz CT molecular complexity index is 395. The summed E-state index contributed by atoms with van der Waals surface area (Å²) < 4.78 is 0. The van der Waals surface area contributed by atoms with Gasteiger partial charge >= 0.3 is 0 Å². The first kappa shape index (κ1) is 16.3. The summed E-state index contributed by atoms with van der Waals surface area (Å²) in [5, 5.41) is 10.2. The van der Waals surface area contributed by atoms with Crippen molar-refractivity contribution < 1.29 is 14.7 Å². The Morgan fingerprint density at radius 2 is 2.10 bits per heavy atom. The number of piperidine rings is 1. The predicted molar refractivity (Wildman–Crippen MR) is 80.6 cm³/mol. The van der Waals surface area contributed by atoms with Gasteiger partial charge in [-0.15, -0.1) is 0 Å². The summed E-state index contributed by atoms with van der Waals surface area (Å²) in [7, 11) is 0. The summed E-state index contributed by atoms with van der Waals surface area (Å²) >= 11 is 0. The number of carbonyl (C=O) groups excluding carboxylic acids is 2. The highest BCUT2D eigenvalue weighted by Crippen LogP contribution is 2.27. The lowest BCUT2D eigenvalue weighted by Gasteiger charge is -2.41. The van der Waals surface area contributed by atoms with Crippen LogP contribution in [0, 0.1) is 5.92 Å². The molecule has 5 nitrogen and oxygen atoms in total. The molecule has 2 unspecified atom stereocenters. The van der Waals surface area contributed by atoms with Gasteiger partial charge in [-0.1, -0.05) is 13.3 Å². The van der Waals surface area contributed by atoms with Crippen LogP contribution in [0.25, 0.3) is 0 Å². The summed E-state index contributed by atoms with van der Waals surface area (Å²) in [6, 6.07) is 0. The molecule has 1 N–H and O–H groups in total. The fraction of sp³-hybridized carbons (Fsp3) is 0.875. The van der Waals surface area contributed by atoms with Crippen molar-refractivity contribution >= 4 is 11.8 Å². The zero-order valence-corrected chi connectivity index (χ0v) is 13.3. The van der Waals surface area contributed by atoms with Gasteiger partial charge < -0.3 is 14.9 Å². The maximum absolute atomic E-state index is 12.3. The van der Waals surface area contributed by atoms with Crippen LogP contribution in [-0.2, 0) is 9.59 Å². The van der Waals surface area contributed by atoms with Crippen molar-refractivity contribution in [3.05, 3.63) is 0 Å². The van der Waals surface area contributed by atoms with Crippen molar-refractivity contribution in [1.29, 1.82) is 0 Å². The van der Waals surface area contributed by atoms with Crippen molar-refractivity contribution in [1.82, 2.24) is 9.80 Å². The van der Waals surface area contributed by atoms with E-state index < -0.39 is 5.60 Å². The average Bonchev–Trinajstić information content (AvgIpc) is 2.64. The molecule has 0 aromatic carbocycles. The van der Waals surface area contributed by atoms with E-state index in [1.165, 1.54) is 0 Å². The SMILES string of the molecule is CC1CN(C(=O)CCN2CCCCCC2=O)CCC1(C)O. The van der Waals surface area contributed by atoms with Gasteiger partial charge in [0.1, 0.15) is 0 Å². The molecule has 0 bridgehead atoms. The van der Waals surface area contributed by atoms with E-state index in [9.17, 15) is 14.7 Å². The molecule has 0 aromatic heterocycles. The van der Waals surface area contributed by atoms with E-state index in [0.29, 0.717) is 38.9 Å². The summed E-state index contributed by atoms with van der Waals surface area (Å²) in [6.07, 6.45) is 4.78. The van der Waals surface area contributed by atoms with Gasteiger partial charge in [0.2, 0.25) is 11.8 Å². The molecule has 0 saturated carbocycles. The van der Waals surface area contributed by atoms with Crippen LogP contribution in [0.4, 0.5) is 0 Å². The van der Waals surface area contributed by atoms with Crippen LogP contribution in [0.5, 0.6) is 0 Å². The molecule has 0 aromatic rings. The molecular weight excluding hydrogens is 268 g/mol. The van der Waals surface area contributed by atoms with Gasteiger partial charge in [0.25, 0.3) is 0 Å². The Morgan fingerprint density at radius 3 is 2.81 bits per heavy atom. The van der Waals surface area contributed by atoms with Crippen molar-refractivity contribution in [3.63, 3.8) is 0 Å². The van der Waals surface area contributed by atoms with E-state index in [0.717, 1.165) is 25.8 Å². The standard InChI is InChI=1S/C16H28N2O3/c1-13-12-18(11-8-16(13,2)21)15(20)7-10-17-9-5-3-4-6-14(17)19/h13,21H,3-12H2,1-2H3. The van der Waals surface area contributed by atoms with Crippen LogP contribution < -0.4 is 0 Å². The van der Waals surface area contributed by atoms with Crippen LogP contribution in [0.2, 0.25) is 0 Å². The van der Waals surface area contributed by atoms with Crippen molar-refractivity contribution in [2.45, 2.75) is 58.0 Å². The lowest BCUT2D eigenvalue weighted by atomic mass is 9.84. The predicted octanol–water partition coefficient (Wildman–Crippen LogP) is 1.40. The third-order valence-corrected chi connectivity index (χ3v) is 5.06. The molecule has 2 aliphatic heterocycles. The number of hydrogen-bond donors (Lipinski definition) is 1. The molecule has 2 aliphatic rings. The largest absolute Gasteiger partial charge is 0.390 e. The molecule has 120 valence electrons. The number of hydrogen-bond acceptors (Lipinski definition) is 3. The van der Waals surface area contributed by atoms with Gasteiger partial charge in [-0.3, -0.25) is 9.59 Å². The normalized spacial score (nSPS) is 31.2. The van der Waals surface area contributed by atoms with Crippen LogP contribution >= 0.6 is 0 Å². The lowest BCUT2D eigenvalue weighted by molar-refractivity contribution is -0.139. The highest BCUT2D eigenvalue weighted by molar-refractivity contribution is 5.79. The van der Waals surface area contributed by atoms with Gasteiger partial charge in [0.05, 0.1) is 5.60 Å². The molecular formula is C16H28N2O3. The van der Waals surface area contributed by atoms with E-state index in [-0.39, 0.29) is 17.7 Å². The molecule has 2 saturated heterocycles. The van der Waals surface area contributed by atoms with Crippen LogP contribution in [0.3, 0.4) is 0 Å². The van der Waals surface area contributed by atoms with Crippen LogP contribution in [0.15, 0.2) is 0 Å². The summed E-state index contributed by atoms with van der Waals surface area (Å²) in [5.41, 5.74) is -0.669. The Hall–Kier alpha value is -1.10. The Labute approximate surface area is 127 Å². The first-order valence-electron chi connectivity index (χ1n) is 8.18. The Balaban J connectivity index is 1.80. The van der Waals surface area contributed by atoms with Crippen LogP contribution in [0.1, 0.15) is 52.4 Å². The lowest BCUT2D eigenvalue weighted by Crippen LogP contribution is -2.51. The topological polar surface area (TPSA) is 60.9 Å². The first-order chi connectivity index (χ1) is 9.90. The van der Waals surface area contributed by atoms with Gasteiger partial charge in [0.15, 0.2) is 0 Å². The smallest absolute Gasteiger partial charge is 0.224 e. The van der Waals surface area contributed by atoms with Crippen molar-refractivity contribution in [3.8, 4) is 0 Å². The quantitative estimate of drug-likeness (QED) is 0.856. The molecule has 5 heteroatoms. The zero-order chi connectivity index (χ0) is 15.5. The second-order valence-electron chi connectivity index (χ2n) is 6.79. The second kappa shape index (κ2) is 6.77. The molecule has 0 aliphatic carbocycles. The molecule has 0 spiro atoms. The summed E-state index contributed by atoms with van der Waals surface area (Å²) in [6.45, 7) is 6.38. The van der Waals surface area contributed by atoms with Crippen molar-refractivity contribution in [2.24, 2.45) is 5.92 Å². The van der Waals surface area contributed by atoms with E-state index in [1.54, 1.807) is 0 Å². The van der Waals surface area contributed by atoms with Crippen molar-refractivity contribution in [2.75, 3.05) is 26.2 Å². The first-order valence-corrected chi connectivity index (χ1v) is 8.18. The number of nitrogens with zero attached hydrogens (tertiary/aromatic N) is 2. The maximum Gasteiger partial charge on any atom is 0.224 e. The maximum atomic E-state index is 12.3. The van der Waals surface area contributed by atoms with Gasteiger partial charge in [-0.25, -0.2) is 0 Å². The highest BCUT2D eigenvalue weighted by Gasteiger charge is 2.36. The molecule has 21 heavy (non-hydrogen) atoms. The summed E-state index contributed by atoms with van der Waals surface area (Å²) in [5.74, 6) is 0.389. The van der Waals surface area contributed by atoms with Gasteiger partial charge in [0, 0.05) is 44.9 Å². The van der Waals surface area contributed by atoms with E-state index in [1.807, 2.05) is 23.6 Å². The average molecular weight is 296 g/mol. The number of aliphatic hydroxyl groups is 1. The Kier molecular flexibility index (Phi) is 5.25. The third-order valence-electron chi connectivity index (χ3n) is 5.06. The zero-order valence-electron chi connectivity index (χ0n) is 13.3. The van der Waals surface area contributed by atoms with E-state index >= 15 is 0 Å². The van der Waals surface area contributed by atoms with Crippen LogP contribution in [-0.4, -0.2) is 58.5 Å². The number of rotatable bonds is 3. The molecule has 2 atom stereocenters.